The van der Waals surface area contributed by atoms with Gasteiger partial charge in [0.05, 0.1) is 29.5 Å². The molecular weight excluding hydrogens is 222 g/mol. The van der Waals surface area contributed by atoms with Gasteiger partial charge in [-0.25, -0.2) is 0 Å². The summed E-state index contributed by atoms with van der Waals surface area (Å²) in [5.41, 5.74) is 8.44. The summed E-state index contributed by atoms with van der Waals surface area (Å²) >= 11 is 1.41. The highest BCUT2D eigenvalue weighted by Crippen LogP contribution is 2.29. The Balaban J connectivity index is 2.15. The van der Waals surface area contributed by atoms with E-state index in [1.165, 1.54) is 11.5 Å². The molecule has 0 amide bonds. The molecule has 16 heavy (non-hydrogen) atoms. The van der Waals surface area contributed by atoms with Gasteiger partial charge < -0.3 is 10.5 Å². The highest BCUT2D eigenvalue weighted by atomic mass is 32.1. The Morgan fingerprint density at radius 3 is 3.19 bits per heavy atom. The van der Waals surface area contributed by atoms with Crippen molar-refractivity contribution in [2.75, 3.05) is 6.61 Å². The van der Waals surface area contributed by atoms with Crippen LogP contribution in [0.3, 0.4) is 0 Å². The largest absolute Gasteiger partial charge is 0.501 e. The number of aryl methyl sites for hydroxylation is 1. The van der Waals surface area contributed by atoms with E-state index >= 15 is 0 Å². The molecule has 0 radical (unpaired) electrons. The first-order valence-corrected chi connectivity index (χ1v) is 6.47. The van der Waals surface area contributed by atoms with E-state index in [0.717, 1.165) is 48.4 Å². The highest BCUT2D eigenvalue weighted by Gasteiger charge is 2.20. The van der Waals surface area contributed by atoms with E-state index in [2.05, 4.69) is 16.5 Å². The van der Waals surface area contributed by atoms with E-state index in [-0.39, 0.29) is 6.04 Å². The van der Waals surface area contributed by atoms with Crippen LogP contribution in [0.25, 0.3) is 0 Å². The Bertz CT molecular complexity index is 375. The molecule has 0 saturated heterocycles. The van der Waals surface area contributed by atoms with Crippen molar-refractivity contribution in [1.29, 1.82) is 0 Å². The average Bonchev–Trinajstić information content (AvgIpc) is 2.78. The van der Waals surface area contributed by atoms with Crippen LogP contribution in [0.2, 0.25) is 0 Å². The maximum absolute atomic E-state index is 6.23. The highest BCUT2D eigenvalue weighted by molar-refractivity contribution is 7.05. The Kier molecular flexibility index (Phi) is 3.90. The summed E-state index contributed by atoms with van der Waals surface area (Å²) in [4.78, 5) is 1.10. The fourth-order valence-corrected chi connectivity index (χ4v) is 2.58. The lowest BCUT2D eigenvalue weighted by Crippen LogP contribution is -2.16. The summed E-state index contributed by atoms with van der Waals surface area (Å²) < 4.78 is 9.32. The molecule has 0 bridgehead atoms. The lowest BCUT2D eigenvalue weighted by atomic mass is 10.00. The molecule has 1 unspecified atom stereocenters. The Labute approximate surface area is 99.7 Å². The molecule has 1 aromatic rings. The van der Waals surface area contributed by atoms with Gasteiger partial charge in [0.25, 0.3) is 0 Å². The molecule has 1 aliphatic rings. The van der Waals surface area contributed by atoms with E-state index in [4.69, 9.17) is 10.5 Å². The molecule has 0 aromatic carbocycles. The molecule has 1 aromatic heterocycles. The number of aromatic nitrogens is 2. The molecule has 2 rings (SSSR count). The first kappa shape index (κ1) is 11.5. The molecule has 1 atom stereocenters. The van der Waals surface area contributed by atoms with Crippen LogP contribution in [0, 0.1) is 0 Å². The van der Waals surface area contributed by atoms with Crippen LogP contribution in [0.4, 0.5) is 0 Å². The third kappa shape index (κ3) is 2.41. The molecule has 5 heteroatoms. The van der Waals surface area contributed by atoms with Crippen LogP contribution in [0.15, 0.2) is 11.8 Å². The van der Waals surface area contributed by atoms with Gasteiger partial charge in [-0.1, -0.05) is 17.8 Å². The van der Waals surface area contributed by atoms with Crippen molar-refractivity contribution in [1.82, 2.24) is 9.59 Å². The van der Waals surface area contributed by atoms with Gasteiger partial charge in [-0.15, -0.1) is 5.10 Å². The quantitative estimate of drug-likeness (QED) is 0.875. The molecule has 0 saturated carbocycles. The first-order valence-electron chi connectivity index (χ1n) is 5.70. The topological polar surface area (TPSA) is 61.0 Å². The SMILES string of the molecule is CCCc1nnsc1C(N)C1=COCCC1. The standard InChI is InChI=1S/C11H17N3OS/c1-2-4-9-11(16-14-13-9)10(12)8-5-3-6-15-7-8/h7,10H,2-6,12H2,1H3. The summed E-state index contributed by atoms with van der Waals surface area (Å²) in [6.45, 7) is 2.94. The van der Waals surface area contributed by atoms with Gasteiger partial charge in [-0.05, 0) is 36.4 Å². The zero-order valence-corrected chi connectivity index (χ0v) is 10.3. The zero-order chi connectivity index (χ0) is 11.4. The van der Waals surface area contributed by atoms with E-state index in [9.17, 15) is 0 Å². The summed E-state index contributed by atoms with van der Waals surface area (Å²) in [7, 11) is 0. The Hall–Kier alpha value is -0.940. The van der Waals surface area contributed by atoms with Crippen molar-refractivity contribution in [3.63, 3.8) is 0 Å². The van der Waals surface area contributed by atoms with Gasteiger partial charge in [0.15, 0.2) is 0 Å². The lowest BCUT2D eigenvalue weighted by Gasteiger charge is -2.19. The average molecular weight is 239 g/mol. The molecule has 88 valence electrons. The minimum absolute atomic E-state index is 0.0816. The fourth-order valence-electron chi connectivity index (χ4n) is 1.84. The predicted octanol–water partition coefficient (Wildman–Crippen LogP) is 2.18. The summed E-state index contributed by atoms with van der Waals surface area (Å²) in [5.74, 6) is 0. The van der Waals surface area contributed by atoms with Crippen molar-refractivity contribution in [3.8, 4) is 0 Å². The number of nitrogens with two attached hydrogens (primary N) is 1. The van der Waals surface area contributed by atoms with Crippen molar-refractivity contribution >= 4 is 11.5 Å². The third-order valence-electron chi connectivity index (χ3n) is 2.72. The minimum atomic E-state index is -0.0816. The number of hydrogen-bond acceptors (Lipinski definition) is 5. The van der Waals surface area contributed by atoms with E-state index < -0.39 is 0 Å². The molecule has 2 N–H and O–H groups in total. The second-order valence-corrected chi connectivity index (χ2v) is 4.76. The number of hydrogen-bond donors (Lipinski definition) is 1. The zero-order valence-electron chi connectivity index (χ0n) is 9.48. The summed E-state index contributed by atoms with van der Waals surface area (Å²) in [5, 5.41) is 4.14. The van der Waals surface area contributed by atoms with E-state index in [1.807, 2.05) is 6.26 Å². The molecule has 1 aliphatic heterocycles. The molecule has 0 spiro atoms. The lowest BCUT2D eigenvalue weighted by molar-refractivity contribution is 0.221. The van der Waals surface area contributed by atoms with Crippen molar-refractivity contribution in [2.24, 2.45) is 5.73 Å². The Morgan fingerprint density at radius 2 is 2.50 bits per heavy atom. The number of rotatable bonds is 4. The van der Waals surface area contributed by atoms with Gasteiger partial charge in [-0.3, -0.25) is 0 Å². The summed E-state index contributed by atoms with van der Waals surface area (Å²) in [6.07, 6.45) is 5.90. The van der Waals surface area contributed by atoms with Crippen LogP contribution < -0.4 is 5.73 Å². The molecular formula is C11H17N3OS. The van der Waals surface area contributed by atoms with Gasteiger partial charge in [0, 0.05) is 0 Å². The molecule has 4 nitrogen and oxygen atoms in total. The van der Waals surface area contributed by atoms with Crippen molar-refractivity contribution in [2.45, 2.75) is 38.6 Å². The van der Waals surface area contributed by atoms with Crippen LogP contribution in [-0.4, -0.2) is 16.2 Å². The van der Waals surface area contributed by atoms with Crippen molar-refractivity contribution in [3.05, 3.63) is 22.4 Å². The number of nitrogens with zero attached hydrogens (tertiary/aromatic N) is 2. The number of ether oxygens (including phenoxy) is 1. The monoisotopic (exact) mass is 239 g/mol. The third-order valence-corrected chi connectivity index (χ3v) is 3.57. The van der Waals surface area contributed by atoms with Gasteiger partial charge >= 0.3 is 0 Å². The van der Waals surface area contributed by atoms with E-state index in [1.54, 1.807) is 0 Å². The van der Waals surface area contributed by atoms with Crippen LogP contribution in [0.1, 0.15) is 42.8 Å². The van der Waals surface area contributed by atoms with Crippen LogP contribution >= 0.6 is 11.5 Å². The second kappa shape index (κ2) is 5.41. The predicted molar refractivity (Wildman–Crippen MR) is 64.1 cm³/mol. The maximum Gasteiger partial charge on any atom is 0.0876 e. The Morgan fingerprint density at radius 1 is 1.62 bits per heavy atom. The molecule has 2 heterocycles. The van der Waals surface area contributed by atoms with E-state index in [0.29, 0.717) is 0 Å². The van der Waals surface area contributed by atoms with Crippen molar-refractivity contribution < 1.29 is 4.74 Å². The van der Waals surface area contributed by atoms with Gasteiger partial charge in [0.1, 0.15) is 0 Å². The second-order valence-electron chi connectivity index (χ2n) is 3.98. The smallest absolute Gasteiger partial charge is 0.0876 e. The summed E-state index contributed by atoms with van der Waals surface area (Å²) in [6, 6.07) is -0.0816. The minimum Gasteiger partial charge on any atom is -0.501 e. The van der Waals surface area contributed by atoms with Crippen LogP contribution in [0.5, 0.6) is 0 Å². The maximum atomic E-state index is 6.23. The fraction of sp³-hybridized carbons (Fsp3) is 0.636. The molecule has 0 aliphatic carbocycles. The van der Waals surface area contributed by atoms with Gasteiger partial charge in [0.2, 0.25) is 0 Å². The first-order chi connectivity index (χ1) is 7.83. The molecule has 0 fully saturated rings. The van der Waals surface area contributed by atoms with Crippen LogP contribution in [-0.2, 0) is 11.2 Å². The van der Waals surface area contributed by atoms with Gasteiger partial charge in [-0.2, -0.15) is 0 Å². The normalized spacial score (nSPS) is 17.8.